The summed E-state index contributed by atoms with van der Waals surface area (Å²) in [6.45, 7) is 0.977. The van der Waals surface area contributed by atoms with Gasteiger partial charge in [-0.15, -0.1) is 0 Å². The maximum absolute atomic E-state index is 10.3. The zero-order chi connectivity index (χ0) is 12.2. The van der Waals surface area contributed by atoms with Gasteiger partial charge >= 0.3 is 0 Å². The standard InChI is InChI=1S/C16H15NO/c18-14-6-3-4-11-10-13-12-5-1-2-7-16(12,15(11)14)8-9-17-13/h1-6,10,17-18H,7-9H2. The smallest absolute Gasteiger partial charge is 0.120 e. The number of nitrogens with one attached hydrogen (secondary N) is 1. The van der Waals surface area contributed by atoms with Crippen molar-refractivity contribution in [2.24, 2.45) is 0 Å². The molecule has 2 heteroatoms. The molecule has 2 aliphatic carbocycles. The van der Waals surface area contributed by atoms with Crippen LogP contribution in [0, 0.1) is 0 Å². The van der Waals surface area contributed by atoms with Gasteiger partial charge in [0.15, 0.2) is 0 Å². The predicted octanol–water partition coefficient (Wildman–Crippen LogP) is 2.86. The van der Waals surface area contributed by atoms with Gasteiger partial charge in [-0.1, -0.05) is 30.4 Å². The summed E-state index contributed by atoms with van der Waals surface area (Å²) >= 11 is 0. The quantitative estimate of drug-likeness (QED) is 0.727. The highest BCUT2D eigenvalue weighted by atomic mass is 16.3. The molecule has 1 fully saturated rings. The molecule has 1 saturated heterocycles. The molecule has 2 bridgehead atoms. The minimum atomic E-state index is -0.00917. The van der Waals surface area contributed by atoms with Crippen LogP contribution in [0.25, 0.3) is 6.08 Å². The van der Waals surface area contributed by atoms with Crippen molar-refractivity contribution in [2.45, 2.75) is 18.3 Å². The molecule has 1 heterocycles. The minimum Gasteiger partial charge on any atom is -0.508 e. The van der Waals surface area contributed by atoms with E-state index in [1.54, 1.807) is 0 Å². The fraction of sp³-hybridized carbons (Fsp3) is 0.250. The Bertz CT molecular complexity index is 624. The van der Waals surface area contributed by atoms with E-state index in [9.17, 15) is 5.11 Å². The predicted molar refractivity (Wildman–Crippen MR) is 72.2 cm³/mol. The maximum atomic E-state index is 10.3. The average molecular weight is 237 g/mol. The van der Waals surface area contributed by atoms with Crippen molar-refractivity contribution in [1.82, 2.24) is 5.32 Å². The number of benzene rings is 1. The second-order valence-corrected chi connectivity index (χ2v) is 5.27. The molecule has 4 rings (SSSR count). The van der Waals surface area contributed by atoms with Crippen LogP contribution in [0.2, 0.25) is 0 Å². The van der Waals surface area contributed by atoms with Gasteiger partial charge in [-0.3, -0.25) is 0 Å². The molecular weight excluding hydrogens is 222 g/mol. The van der Waals surface area contributed by atoms with Crippen molar-refractivity contribution in [2.75, 3.05) is 6.54 Å². The van der Waals surface area contributed by atoms with E-state index in [1.165, 1.54) is 11.3 Å². The fourth-order valence-electron chi connectivity index (χ4n) is 3.64. The average Bonchev–Trinajstić information content (AvgIpc) is 2.38. The molecule has 0 spiro atoms. The van der Waals surface area contributed by atoms with Crippen molar-refractivity contribution >= 4 is 6.08 Å². The van der Waals surface area contributed by atoms with Crippen molar-refractivity contribution in [3.63, 3.8) is 0 Å². The molecule has 1 unspecified atom stereocenters. The molecule has 1 aliphatic heterocycles. The van der Waals surface area contributed by atoms with Gasteiger partial charge < -0.3 is 10.4 Å². The van der Waals surface area contributed by atoms with E-state index in [4.69, 9.17) is 0 Å². The molecule has 1 aromatic carbocycles. The van der Waals surface area contributed by atoms with Gasteiger partial charge in [-0.25, -0.2) is 0 Å². The zero-order valence-electron chi connectivity index (χ0n) is 10.1. The van der Waals surface area contributed by atoms with Gasteiger partial charge in [0.25, 0.3) is 0 Å². The van der Waals surface area contributed by atoms with Crippen LogP contribution in [0.4, 0.5) is 0 Å². The second kappa shape index (κ2) is 3.29. The van der Waals surface area contributed by atoms with E-state index in [0.717, 1.165) is 30.5 Å². The van der Waals surface area contributed by atoms with Gasteiger partial charge in [-0.2, -0.15) is 0 Å². The monoisotopic (exact) mass is 237 g/mol. The lowest BCUT2D eigenvalue weighted by Gasteiger charge is -2.46. The van der Waals surface area contributed by atoms with Crippen LogP contribution in [0.3, 0.4) is 0 Å². The highest BCUT2D eigenvalue weighted by Crippen LogP contribution is 2.53. The Hall–Kier alpha value is -1.96. The Labute approximate surface area is 106 Å². The minimum absolute atomic E-state index is 0.00917. The number of phenols is 1. The molecule has 0 radical (unpaired) electrons. The maximum Gasteiger partial charge on any atom is 0.120 e. The van der Waals surface area contributed by atoms with Crippen LogP contribution in [0.1, 0.15) is 24.0 Å². The topological polar surface area (TPSA) is 32.3 Å². The first-order valence-corrected chi connectivity index (χ1v) is 6.47. The summed E-state index contributed by atoms with van der Waals surface area (Å²) in [4.78, 5) is 0. The zero-order valence-corrected chi connectivity index (χ0v) is 10.1. The number of hydrogen-bond donors (Lipinski definition) is 2. The molecule has 90 valence electrons. The molecular formula is C16H15NO. The number of allylic oxidation sites excluding steroid dienone is 4. The first-order chi connectivity index (χ1) is 8.81. The van der Waals surface area contributed by atoms with Gasteiger partial charge in [0, 0.05) is 23.2 Å². The third-order valence-electron chi connectivity index (χ3n) is 4.39. The van der Waals surface area contributed by atoms with Crippen molar-refractivity contribution in [3.8, 4) is 5.75 Å². The normalized spacial score (nSPS) is 27.6. The van der Waals surface area contributed by atoms with Crippen LogP contribution in [-0.4, -0.2) is 11.7 Å². The third kappa shape index (κ3) is 1.08. The van der Waals surface area contributed by atoms with Crippen LogP contribution < -0.4 is 5.32 Å². The molecule has 1 atom stereocenters. The van der Waals surface area contributed by atoms with E-state index >= 15 is 0 Å². The molecule has 0 amide bonds. The van der Waals surface area contributed by atoms with E-state index in [1.807, 2.05) is 12.1 Å². The lowest BCUT2D eigenvalue weighted by Crippen LogP contribution is -2.43. The highest BCUT2D eigenvalue weighted by Gasteiger charge is 2.45. The summed E-state index contributed by atoms with van der Waals surface area (Å²) in [5.74, 6) is 0.436. The molecule has 18 heavy (non-hydrogen) atoms. The molecule has 2 N–H and O–H groups in total. The molecule has 1 aromatic rings. The van der Waals surface area contributed by atoms with Crippen LogP contribution >= 0.6 is 0 Å². The summed E-state index contributed by atoms with van der Waals surface area (Å²) in [6, 6.07) is 5.83. The fourth-order valence-corrected chi connectivity index (χ4v) is 3.64. The molecule has 3 aliphatic rings. The van der Waals surface area contributed by atoms with E-state index in [0.29, 0.717) is 5.75 Å². The van der Waals surface area contributed by atoms with Crippen LogP contribution in [0.5, 0.6) is 5.75 Å². The van der Waals surface area contributed by atoms with Gasteiger partial charge in [0.05, 0.1) is 0 Å². The number of piperidine rings is 1. The number of aromatic hydroxyl groups is 1. The van der Waals surface area contributed by atoms with Crippen LogP contribution in [-0.2, 0) is 5.41 Å². The summed E-state index contributed by atoms with van der Waals surface area (Å²) in [6.07, 6.45) is 10.7. The molecule has 0 aromatic heterocycles. The van der Waals surface area contributed by atoms with Gasteiger partial charge in [0.2, 0.25) is 0 Å². The first-order valence-electron chi connectivity index (χ1n) is 6.47. The Morgan fingerprint density at radius 2 is 2.22 bits per heavy atom. The lowest BCUT2D eigenvalue weighted by molar-refractivity contribution is 0.388. The van der Waals surface area contributed by atoms with E-state index < -0.39 is 0 Å². The molecule has 0 saturated carbocycles. The summed E-state index contributed by atoms with van der Waals surface area (Å²) in [7, 11) is 0. The third-order valence-corrected chi connectivity index (χ3v) is 4.39. The number of fused-ring (bicyclic) bond motifs is 1. The second-order valence-electron chi connectivity index (χ2n) is 5.27. The van der Waals surface area contributed by atoms with Crippen LogP contribution in [0.15, 0.2) is 47.7 Å². The van der Waals surface area contributed by atoms with Crippen molar-refractivity contribution in [3.05, 3.63) is 58.8 Å². The Morgan fingerprint density at radius 1 is 1.28 bits per heavy atom. The summed E-state index contributed by atoms with van der Waals surface area (Å²) < 4.78 is 0. The van der Waals surface area contributed by atoms with Gasteiger partial charge in [-0.05, 0) is 36.1 Å². The largest absolute Gasteiger partial charge is 0.508 e. The molecule has 2 nitrogen and oxygen atoms in total. The van der Waals surface area contributed by atoms with Crippen molar-refractivity contribution < 1.29 is 5.11 Å². The lowest BCUT2D eigenvalue weighted by atomic mass is 9.61. The SMILES string of the molecule is Oc1cccc2c1C13CC=CC=C1C(=C2)NCC3. The van der Waals surface area contributed by atoms with E-state index in [2.05, 4.69) is 35.7 Å². The number of rotatable bonds is 0. The summed E-state index contributed by atoms with van der Waals surface area (Å²) in [5.41, 5.74) is 4.83. The Morgan fingerprint density at radius 3 is 3.17 bits per heavy atom. The highest BCUT2D eigenvalue weighted by molar-refractivity contribution is 5.75. The van der Waals surface area contributed by atoms with Crippen molar-refractivity contribution in [1.29, 1.82) is 0 Å². The first kappa shape index (κ1) is 10.0. The summed E-state index contributed by atoms with van der Waals surface area (Å²) in [5, 5.41) is 13.8. The number of hydrogen-bond acceptors (Lipinski definition) is 2. The number of phenolic OH excluding ortho intramolecular Hbond substituents is 1. The Balaban J connectivity index is 2.09. The van der Waals surface area contributed by atoms with Gasteiger partial charge in [0.1, 0.15) is 5.75 Å². The Kier molecular flexibility index (Phi) is 1.83. The van der Waals surface area contributed by atoms with E-state index in [-0.39, 0.29) is 5.41 Å².